The van der Waals surface area contributed by atoms with Crippen LogP contribution in [0.4, 0.5) is 4.79 Å². The molecular weight excluding hydrogens is 381 g/mol. The van der Waals surface area contributed by atoms with Gasteiger partial charge in [0.25, 0.3) is 5.91 Å². The zero-order valence-electron chi connectivity index (χ0n) is 12.4. The topological polar surface area (TPSA) is 97.0 Å². The summed E-state index contributed by atoms with van der Waals surface area (Å²) in [5, 5.41) is 0. The van der Waals surface area contributed by atoms with Crippen LogP contribution >= 0.6 is 22.9 Å². The van der Waals surface area contributed by atoms with Gasteiger partial charge in [-0.25, -0.2) is 18.1 Å². The van der Waals surface area contributed by atoms with E-state index in [0.717, 1.165) is 10.2 Å². The van der Waals surface area contributed by atoms with Crippen LogP contribution in [0.25, 0.3) is 0 Å². The zero-order valence-corrected chi connectivity index (χ0v) is 14.5. The Kier molecular flexibility index (Phi) is 6.68. The molecule has 116 valence electrons. The average molecular weight is 401 g/mol. The Morgan fingerprint density at radius 1 is 1.15 bits per heavy atom. The minimum Gasteiger partial charge on any atom is -0.467 e. The van der Waals surface area contributed by atoms with E-state index >= 15 is 0 Å². The minimum atomic E-state index is -1.86. The number of nitrogens with one attached hydrogen (secondary N) is 2. The van der Waals surface area contributed by atoms with Gasteiger partial charge in [0.15, 0.2) is 0 Å². The van der Waals surface area contributed by atoms with Crippen molar-refractivity contribution in [1.82, 2.24) is 14.0 Å². The van der Waals surface area contributed by atoms with Gasteiger partial charge in [0.2, 0.25) is 5.54 Å². The Bertz CT molecular complexity index is 396. The lowest BCUT2D eigenvalue weighted by Gasteiger charge is -2.33. The quantitative estimate of drug-likeness (QED) is 0.237. The Hall–Kier alpha value is -1.10. The van der Waals surface area contributed by atoms with Crippen molar-refractivity contribution < 1.29 is 23.9 Å². The number of ether oxygens (including phenoxy) is 2. The van der Waals surface area contributed by atoms with Crippen LogP contribution in [0.5, 0.6) is 0 Å². The van der Waals surface area contributed by atoms with Crippen LogP contribution in [0.3, 0.4) is 0 Å². The number of hydrazine groups is 1. The summed E-state index contributed by atoms with van der Waals surface area (Å²) in [7, 11) is 2.59. The van der Waals surface area contributed by atoms with Gasteiger partial charge in [-0.1, -0.05) is 0 Å². The van der Waals surface area contributed by atoms with Crippen molar-refractivity contribution in [2.24, 2.45) is 0 Å². The molecule has 0 fully saturated rings. The first kappa shape index (κ1) is 18.9. The molecule has 1 atom stereocenters. The zero-order chi connectivity index (χ0) is 16.1. The molecule has 0 aromatic rings. The number of amides is 2. The van der Waals surface area contributed by atoms with E-state index in [-0.39, 0.29) is 0 Å². The summed E-state index contributed by atoms with van der Waals surface area (Å²) in [5.41, 5.74) is 2.05. The van der Waals surface area contributed by atoms with E-state index in [2.05, 4.69) is 15.6 Å². The van der Waals surface area contributed by atoms with Gasteiger partial charge in [0, 0.05) is 7.05 Å². The summed E-state index contributed by atoms with van der Waals surface area (Å²) < 4.78 is 10.6. The summed E-state index contributed by atoms with van der Waals surface area (Å²) in [4.78, 5) is 36.0. The lowest BCUT2D eigenvalue weighted by molar-refractivity contribution is -0.156. The van der Waals surface area contributed by atoms with Gasteiger partial charge in [-0.3, -0.25) is 10.2 Å². The molecule has 1 unspecified atom stereocenters. The molecule has 0 radical (unpaired) electrons. The number of hydrogen-bond acceptors (Lipinski definition) is 6. The second kappa shape index (κ2) is 7.07. The molecule has 0 saturated heterocycles. The summed E-state index contributed by atoms with van der Waals surface area (Å²) in [5.74, 6) is -1.63. The number of hydrogen-bond donors (Lipinski definition) is 2. The summed E-state index contributed by atoms with van der Waals surface area (Å²) in [6, 6.07) is 0. The highest BCUT2D eigenvalue weighted by Gasteiger charge is 2.51. The largest absolute Gasteiger partial charge is 0.467 e. The molecular formula is C11H20IN3O5. The maximum atomic E-state index is 12.0. The van der Waals surface area contributed by atoms with E-state index in [1.807, 2.05) is 0 Å². The molecule has 9 heteroatoms. The highest BCUT2D eigenvalue weighted by atomic mass is 127. The number of methoxy groups -OCH3 is 1. The second-order valence-corrected chi connectivity index (χ2v) is 5.99. The van der Waals surface area contributed by atoms with Gasteiger partial charge in [-0.15, -0.1) is 0 Å². The Balaban J connectivity index is 5.38. The van der Waals surface area contributed by atoms with E-state index in [4.69, 9.17) is 4.74 Å². The number of carbonyl (C=O) groups excluding carboxylic acids is 3. The van der Waals surface area contributed by atoms with E-state index in [9.17, 15) is 14.4 Å². The molecule has 0 spiro atoms. The SMILES string of the molecule is CNNC(=O)C(C)(C(=O)OC)N(I)C(=O)OC(C)(C)C. The van der Waals surface area contributed by atoms with Crippen molar-refractivity contribution in [2.75, 3.05) is 14.2 Å². The van der Waals surface area contributed by atoms with Crippen LogP contribution in [0.15, 0.2) is 0 Å². The monoisotopic (exact) mass is 401 g/mol. The average Bonchev–Trinajstić information content (AvgIpc) is 2.33. The highest BCUT2D eigenvalue weighted by molar-refractivity contribution is 14.1. The first-order valence-electron chi connectivity index (χ1n) is 5.75. The van der Waals surface area contributed by atoms with Gasteiger partial charge in [-0.05, 0) is 27.7 Å². The van der Waals surface area contributed by atoms with Crippen LogP contribution in [0.1, 0.15) is 27.7 Å². The molecule has 8 nitrogen and oxygen atoms in total. The van der Waals surface area contributed by atoms with Crippen molar-refractivity contribution in [1.29, 1.82) is 0 Å². The predicted octanol–water partition coefficient (Wildman–Crippen LogP) is 0.756. The standard InChI is InChI=1S/C11H20IN3O5/c1-10(2,3)20-9(18)15(12)11(4,8(17)19-6)7(16)14-13-5/h13H,1-6H3,(H,14,16). The van der Waals surface area contributed by atoms with Crippen LogP contribution in [-0.2, 0) is 19.1 Å². The molecule has 0 rings (SSSR count). The lowest BCUT2D eigenvalue weighted by atomic mass is 10.0. The third kappa shape index (κ3) is 4.47. The van der Waals surface area contributed by atoms with Crippen molar-refractivity contribution in [3.63, 3.8) is 0 Å². The van der Waals surface area contributed by atoms with Crippen LogP contribution in [0, 0.1) is 0 Å². The molecule has 0 aliphatic carbocycles. The first-order chi connectivity index (χ1) is 9.00. The summed E-state index contributed by atoms with van der Waals surface area (Å²) >= 11 is 1.55. The van der Waals surface area contributed by atoms with E-state index in [1.54, 1.807) is 43.6 Å². The van der Waals surface area contributed by atoms with Gasteiger partial charge in [-0.2, -0.15) is 0 Å². The molecule has 0 aliphatic rings. The fourth-order valence-electron chi connectivity index (χ4n) is 1.18. The normalized spacial score (nSPS) is 13.9. The number of nitrogens with zero attached hydrogens (tertiary/aromatic N) is 1. The second-order valence-electron chi connectivity index (χ2n) is 5.03. The van der Waals surface area contributed by atoms with E-state index in [0.29, 0.717) is 0 Å². The highest BCUT2D eigenvalue weighted by Crippen LogP contribution is 2.25. The van der Waals surface area contributed by atoms with Gasteiger partial charge >= 0.3 is 12.1 Å². The fourth-order valence-corrected chi connectivity index (χ4v) is 1.70. The van der Waals surface area contributed by atoms with Crippen LogP contribution < -0.4 is 10.9 Å². The van der Waals surface area contributed by atoms with E-state index in [1.165, 1.54) is 14.0 Å². The number of rotatable bonds is 4. The molecule has 0 saturated carbocycles. The van der Waals surface area contributed by atoms with E-state index < -0.39 is 29.1 Å². The third-order valence-corrected chi connectivity index (χ3v) is 3.57. The Morgan fingerprint density at radius 2 is 1.65 bits per heavy atom. The molecule has 0 aromatic carbocycles. The van der Waals surface area contributed by atoms with Crippen molar-refractivity contribution in [2.45, 2.75) is 38.8 Å². The molecule has 20 heavy (non-hydrogen) atoms. The maximum absolute atomic E-state index is 12.0. The number of carbonyl (C=O) groups is 3. The lowest BCUT2D eigenvalue weighted by Crippen LogP contribution is -2.62. The Morgan fingerprint density at radius 3 is 2.00 bits per heavy atom. The van der Waals surface area contributed by atoms with Gasteiger partial charge < -0.3 is 9.47 Å². The minimum absolute atomic E-state index is 0.743. The molecule has 0 bridgehead atoms. The molecule has 2 N–H and O–H groups in total. The van der Waals surface area contributed by atoms with Gasteiger partial charge in [0.05, 0.1) is 30.0 Å². The van der Waals surface area contributed by atoms with Crippen molar-refractivity contribution in [3.8, 4) is 0 Å². The van der Waals surface area contributed by atoms with Crippen LogP contribution in [-0.4, -0.2) is 46.4 Å². The third-order valence-electron chi connectivity index (χ3n) is 2.21. The number of esters is 1. The summed E-state index contributed by atoms with van der Waals surface area (Å²) in [6.45, 7) is 6.30. The first-order valence-corrected chi connectivity index (χ1v) is 6.71. The summed E-state index contributed by atoms with van der Waals surface area (Å²) in [6.07, 6.45) is -0.822. The molecule has 0 aliphatic heterocycles. The van der Waals surface area contributed by atoms with Crippen LogP contribution in [0.2, 0.25) is 0 Å². The van der Waals surface area contributed by atoms with Crippen molar-refractivity contribution >= 4 is 40.8 Å². The molecule has 0 heterocycles. The fraction of sp³-hybridized carbons (Fsp3) is 0.727. The Labute approximate surface area is 132 Å². The molecule has 2 amide bonds. The smallest absolute Gasteiger partial charge is 0.420 e. The van der Waals surface area contributed by atoms with Gasteiger partial charge in [0.1, 0.15) is 5.60 Å². The molecule has 0 aromatic heterocycles. The number of halogens is 1. The van der Waals surface area contributed by atoms with Crippen molar-refractivity contribution in [3.05, 3.63) is 0 Å². The maximum Gasteiger partial charge on any atom is 0.420 e. The predicted molar refractivity (Wildman–Crippen MR) is 79.7 cm³/mol.